The van der Waals surface area contributed by atoms with Gasteiger partial charge in [0, 0.05) is 35.7 Å². The maximum absolute atomic E-state index is 13.6. The van der Waals surface area contributed by atoms with Crippen LogP contribution in [0.5, 0.6) is 0 Å². The molecule has 0 aromatic heterocycles. The molecule has 5 aliphatic rings. The molecule has 3 unspecified atom stereocenters. The van der Waals surface area contributed by atoms with Crippen molar-refractivity contribution in [2.75, 3.05) is 0 Å². The van der Waals surface area contributed by atoms with Crippen molar-refractivity contribution in [2.24, 2.45) is 11.3 Å². The molecule has 3 atom stereocenters. The number of carbonyl (C=O) groups excluding carboxylic acids is 1. The van der Waals surface area contributed by atoms with Crippen LogP contribution in [0.1, 0.15) is 62.5 Å². The Balaban J connectivity index is 1.05. The van der Waals surface area contributed by atoms with Crippen molar-refractivity contribution in [2.45, 2.75) is 76.4 Å². The van der Waals surface area contributed by atoms with Crippen LogP contribution >= 0.6 is 12.6 Å². The second-order valence-corrected chi connectivity index (χ2v) is 12.6. The molecule has 208 valence electrons. The number of thiol groups is 1. The Labute approximate surface area is 243 Å². The summed E-state index contributed by atoms with van der Waals surface area (Å²) in [6.45, 7) is 5.26. The molecule has 6 rings (SSSR count). The molecular formula is C35H39FN2OS. The number of ketones is 1. The third kappa shape index (κ3) is 5.91. The SMILES string of the molecule is C=C(Cc1ccc(CNC2CC(=C3C=CCCC3=O)C=C3C(S)=CNC32)cc1)C1(CCC2C=C(F)C=CC2)CC1. The van der Waals surface area contributed by atoms with Crippen molar-refractivity contribution in [3.05, 3.63) is 118 Å². The van der Waals surface area contributed by atoms with Gasteiger partial charge in [0.05, 0.1) is 6.04 Å². The van der Waals surface area contributed by atoms with Crippen LogP contribution in [-0.4, -0.2) is 17.9 Å². The largest absolute Gasteiger partial charge is 0.382 e. The highest BCUT2D eigenvalue weighted by atomic mass is 32.1. The Hall–Kier alpha value is -2.89. The first-order valence-corrected chi connectivity index (χ1v) is 15.2. The molecule has 1 aromatic rings. The summed E-state index contributed by atoms with van der Waals surface area (Å²) in [6, 6.07) is 9.22. The molecule has 2 N–H and O–H groups in total. The highest BCUT2D eigenvalue weighted by Gasteiger charge is 2.44. The lowest BCUT2D eigenvalue weighted by molar-refractivity contribution is -0.115. The molecule has 4 aliphatic carbocycles. The summed E-state index contributed by atoms with van der Waals surface area (Å²) in [5.41, 5.74) is 7.23. The lowest BCUT2D eigenvalue weighted by atomic mass is 9.83. The number of benzene rings is 1. The molecule has 3 nitrogen and oxygen atoms in total. The van der Waals surface area contributed by atoms with Gasteiger partial charge in [-0.25, -0.2) is 4.39 Å². The Morgan fingerprint density at radius 2 is 1.95 bits per heavy atom. The summed E-state index contributed by atoms with van der Waals surface area (Å²) in [5.74, 6) is 0.468. The zero-order valence-corrected chi connectivity index (χ0v) is 24.0. The smallest absolute Gasteiger partial charge is 0.163 e. The van der Waals surface area contributed by atoms with E-state index in [0.29, 0.717) is 12.3 Å². The first kappa shape index (κ1) is 27.3. The van der Waals surface area contributed by atoms with E-state index in [2.05, 4.69) is 66.3 Å². The van der Waals surface area contributed by atoms with Crippen LogP contribution in [0, 0.1) is 11.3 Å². The molecule has 1 saturated carbocycles. The Bertz CT molecular complexity index is 1370. The van der Waals surface area contributed by atoms with E-state index in [1.165, 1.54) is 29.5 Å². The van der Waals surface area contributed by atoms with Crippen molar-refractivity contribution in [3.63, 3.8) is 0 Å². The van der Waals surface area contributed by atoms with Crippen LogP contribution in [0.3, 0.4) is 0 Å². The molecule has 5 heteroatoms. The molecule has 1 fully saturated rings. The molecule has 1 aromatic carbocycles. The predicted molar refractivity (Wildman–Crippen MR) is 164 cm³/mol. The Kier molecular flexibility index (Phi) is 7.87. The molecule has 0 bridgehead atoms. The number of carbonyl (C=O) groups is 1. The molecule has 1 aliphatic heterocycles. The topological polar surface area (TPSA) is 41.1 Å². The highest BCUT2D eigenvalue weighted by molar-refractivity contribution is 7.84. The Morgan fingerprint density at radius 1 is 1.15 bits per heavy atom. The predicted octanol–water partition coefficient (Wildman–Crippen LogP) is 7.52. The van der Waals surface area contributed by atoms with Gasteiger partial charge in [0.1, 0.15) is 5.83 Å². The van der Waals surface area contributed by atoms with E-state index >= 15 is 0 Å². The van der Waals surface area contributed by atoms with Crippen LogP contribution in [-0.2, 0) is 17.8 Å². The molecular weight excluding hydrogens is 515 g/mol. The first-order chi connectivity index (χ1) is 19.4. The molecule has 40 heavy (non-hydrogen) atoms. The maximum Gasteiger partial charge on any atom is 0.163 e. The molecule has 0 amide bonds. The van der Waals surface area contributed by atoms with E-state index in [-0.39, 0.29) is 29.1 Å². The number of allylic oxidation sites excluding steroid dienone is 9. The van der Waals surface area contributed by atoms with Crippen LogP contribution in [0.4, 0.5) is 4.39 Å². The van der Waals surface area contributed by atoms with Crippen LogP contribution < -0.4 is 10.6 Å². The number of fused-ring (bicyclic) bond motifs is 1. The molecule has 0 saturated heterocycles. The van der Waals surface area contributed by atoms with Gasteiger partial charge in [-0.1, -0.05) is 60.7 Å². The summed E-state index contributed by atoms with van der Waals surface area (Å²) in [5, 5.41) is 7.25. The third-order valence-corrected chi connectivity index (χ3v) is 9.78. The van der Waals surface area contributed by atoms with Crippen molar-refractivity contribution in [3.8, 4) is 0 Å². The zero-order valence-electron chi connectivity index (χ0n) is 23.1. The van der Waals surface area contributed by atoms with Gasteiger partial charge in [-0.15, -0.1) is 12.6 Å². The van der Waals surface area contributed by atoms with E-state index < -0.39 is 0 Å². The third-order valence-electron chi connectivity index (χ3n) is 9.39. The minimum absolute atomic E-state index is 0.0912. The van der Waals surface area contributed by atoms with Gasteiger partial charge >= 0.3 is 0 Å². The average Bonchev–Trinajstić information content (AvgIpc) is 3.67. The molecule has 1 heterocycles. The number of Topliss-reactive ketones (excluding diaryl/α,β-unsaturated/α-hetero) is 1. The van der Waals surface area contributed by atoms with Crippen molar-refractivity contribution >= 4 is 18.4 Å². The molecule has 0 radical (unpaired) electrons. The fourth-order valence-electron chi connectivity index (χ4n) is 6.66. The van der Waals surface area contributed by atoms with Crippen molar-refractivity contribution in [1.82, 2.24) is 10.6 Å². The van der Waals surface area contributed by atoms with Crippen LogP contribution in [0.2, 0.25) is 0 Å². The van der Waals surface area contributed by atoms with E-state index in [9.17, 15) is 9.18 Å². The summed E-state index contributed by atoms with van der Waals surface area (Å²) in [7, 11) is 0. The normalized spacial score (nSPS) is 28.4. The van der Waals surface area contributed by atoms with Crippen molar-refractivity contribution < 1.29 is 9.18 Å². The monoisotopic (exact) mass is 554 g/mol. The zero-order chi connectivity index (χ0) is 27.7. The van der Waals surface area contributed by atoms with Crippen LogP contribution in [0.15, 0.2) is 107 Å². The van der Waals surface area contributed by atoms with Gasteiger partial charge in [-0.2, -0.15) is 0 Å². The van der Waals surface area contributed by atoms with Crippen LogP contribution in [0.25, 0.3) is 0 Å². The second kappa shape index (κ2) is 11.5. The lowest BCUT2D eigenvalue weighted by Gasteiger charge is -2.32. The van der Waals surface area contributed by atoms with Gasteiger partial charge in [0.2, 0.25) is 0 Å². The van der Waals surface area contributed by atoms with Gasteiger partial charge < -0.3 is 10.6 Å². The number of nitrogens with one attached hydrogen (secondary N) is 2. The standard InChI is InChI=1S/C35H39FN2OS/c1-23(35(15-16-35)14-13-24-5-4-6-28(36)18-24)17-25-9-11-26(12-10-25)21-37-31-20-27(29-7-2-3-8-32(29)39)19-30-33(40)22-38-34(30)31/h2,4,6-7,9-12,18-19,22,24,31,34,37-38,40H,1,3,5,8,13-17,20-21H2. The minimum atomic E-state index is -0.0912. The second-order valence-electron chi connectivity index (χ2n) is 12.1. The first-order valence-electron chi connectivity index (χ1n) is 14.7. The summed E-state index contributed by atoms with van der Waals surface area (Å²) >= 11 is 4.68. The number of rotatable bonds is 9. The summed E-state index contributed by atoms with van der Waals surface area (Å²) in [6.07, 6.45) is 22.2. The van der Waals surface area contributed by atoms with Gasteiger partial charge in [-0.05, 0) is 97.1 Å². The quantitative estimate of drug-likeness (QED) is 0.168. The fraction of sp³-hybridized carbons (Fsp3) is 0.400. The van der Waals surface area contributed by atoms with E-state index in [0.717, 1.165) is 66.7 Å². The Morgan fingerprint density at radius 3 is 2.70 bits per heavy atom. The number of hydrogen-bond acceptors (Lipinski definition) is 4. The number of halogens is 1. The molecule has 0 spiro atoms. The van der Waals surface area contributed by atoms with E-state index in [1.807, 2.05) is 18.4 Å². The van der Waals surface area contributed by atoms with Crippen molar-refractivity contribution in [1.29, 1.82) is 0 Å². The average molecular weight is 555 g/mol. The van der Waals surface area contributed by atoms with Gasteiger partial charge in [0.15, 0.2) is 5.78 Å². The van der Waals surface area contributed by atoms with Gasteiger partial charge in [0.25, 0.3) is 0 Å². The summed E-state index contributed by atoms with van der Waals surface area (Å²) < 4.78 is 13.6. The maximum atomic E-state index is 13.6. The van der Waals surface area contributed by atoms with Gasteiger partial charge in [-0.3, -0.25) is 4.79 Å². The van der Waals surface area contributed by atoms with E-state index in [1.54, 1.807) is 12.2 Å². The van der Waals surface area contributed by atoms with E-state index in [4.69, 9.17) is 0 Å². The number of hydrogen-bond donors (Lipinski definition) is 3. The summed E-state index contributed by atoms with van der Waals surface area (Å²) in [4.78, 5) is 13.6. The lowest BCUT2D eigenvalue weighted by Crippen LogP contribution is -2.47. The minimum Gasteiger partial charge on any atom is -0.382 e. The highest BCUT2D eigenvalue weighted by Crippen LogP contribution is 2.56. The fourth-order valence-corrected chi connectivity index (χ4v) is 6.94.